The van der Waals surface area contributed by atoms with E-state index in [4.69, 9.17) is 10.2 Å². The summed E-state index contributed by atoms with van der Waals surface area (Å²) < 4.78 is 0. The van der Waals surface area contributed by atoms with Gasteiger partial charge in [-0.2, -0.15) is 0 Å². The highest BCUT2D eigenvalue weighted by molar-refractivity contribution is 5.78. The van der Waals surface area contributed by atoms with Crippen molar-refractivity contribution in [3.8, 4) is 5.75 Å². The average Bonchev–Trinajstić information content (AvgIpc) is 2.28. The van der Waals surface area contributed by atoms with Crippen LogP contribution in [-0.2, 0) is 16.0 Å². The number of aromatic hydroxyl groups is 1. The molecular formula is C12H15NO5. The number of phenols is 1. The molecule has 1 aromatic rings. The third-order valence-corrected chi connectivity index (χ3v) is 2.30. The summed E-state index contributed by atoms with van der Waals surface area (Å²) in [7, 11) is 0. The van der Waals surface area contributed by atoms with E-state index >= 15 is 0 Å². The smallest absolute Gasteiger partial charge is 0.332 e. The number of amides is 1. The molecule has 6 heteroatoms. The molecule has 1 aromatic carbocycles. The largest absolute Gasteiger partial charge is 0.508 e. The Morgan fingerprint density at radius 1 is 1.33 bits per heavy atom. The Hall–Kier alpha value is -2.08. The van der Waals surface area contributed by atoms with Crippen molar-refractivity contribution >= 4 is 11.9 Å². The molecule has 0 radical (unpaired) electrons. The van der Waals surface area contributed by atoms with Crippen molar-refractivity contribution in [2.24, 2.45) is 0 Å². The van der Waals surface area contributed by atoms with Crippen molar-refractivity contribution < 1.29 is 24.9 Å². The lowest BCUT2D eigenvalue weighted by atomic mass is 10.1. The first kappa shape index (κ1) is 14.0. The zero-order chi connectivity index (χ0) is 13.5. The number of carbonyl (C=O) groups is 2. The van der Waals surface area contributed by atoms with Gasteiger partial charge in [-0.25, -0.2) is 4.79 Å². The number of nitrogens with one attached hydrogen (secondary N) is 1. The van der Waals surface area contributed by atoms with Gasteiger partial charge in [-0.05, 0) is 17.7 Å². The lowest BCUT2D eigenvalue weighted by molar-refractivity contribution is -0.147. The second kappa shape index (κ2) is 6.61. The van der Waals surface area contributed by atoms with Crippen LogP contribution in [0, 0.1) is 0 Å². The Labute approximate surface area is 104 Å². The number of aliphatic carboxylic acids is 1. The zero-order valence-corrected chi connectivity index (χ0v) is 9.67. The summed E-state index contributed by atoms with van der Waals surface area (Å²) in [5.41, 5.74) is 0.659. The third-order valence-electron chi connectivity index (χ3n) is 2.30. The fraction of sp³-hybridized carbons (Fsp3) is 0.333. The number of carboxylic acids is 1. The molecule has 0 spiro atoms. The quantitative estimate of drug-likeness (QED) is 0.565. The van der Waals surface area contributed by atoms with Crippen molar-refractivity contribution in [2.45, 2.75) is 18.9 Å². The molecule has 0 aliphatic heterocycles. The molecule has 98 valence electrons. The normalized spacial score (nSPS) is 11.8. The Morgan fingerprint density at radius 2 is 2.06 bits per heavy atom. The average molecular weight is 253 g/mol. The summed E-state index contributed by atoms with van der Waals surface area (Å²) in [6.45, 7) is 0.0884. The first-order valence-electron chi connectivity index (χ1n) is 5.44. The molecule has 0 heterocycles. The van der Waals surface area contributed by atoms with Crippen LogP contribution in [0.2, 0.25) is 0 Å². The number of carbonyl (C=O) groups excluding carboxylic acids is 1. The van der Waals surface area contributed by atoms with Crippen LogP contribution in [0.25, 0.3) is 0 Å². The van der Waals surface area contributed by atoms with Crippen LogP contribution < -0.4 is 5.32 Å². The second-order valence-electron chi connectivity index (χ2n) is 3.84. The van der Waals surface area contributed by atoms with Crippen molar-refractivity contribution in [3.63, 3.8) is 0 Å². The summed E-state index contributed by atoms with van der Waals surface area (Å²) in [4.78, 5) is 21.8. The summed E-state index contributed by atoms with van der Waals surface area (Å²) in [5.74, 6) is -1.52. The number of carboxylic acid groups (broad SMARTS) is 1. The number of aliphatic hydroxyl groups is 1. The summed E-state index contributed by atoms with van der Waals surface area (Å²) in [5, 5.41) is 29.1. The molecule has 0 aromatic heterocycles. The lowest BCUT2D eigenvalue weighted by Crippen LogP contribution is -2.30. The van der Waals surface area contributed by atoms with Gasteiger partial charge in [0, 0.05) is 13.0 Å². The highest BCUT2D eigenvalue weighted by atomic mass is 16.4. The minimum absolute atomic E-state index is 0.0406. The molecule has 0 aliphatic carbocycles. The Bertz CT molecular complexity index is 432. The van der Waals surface area contributed by atoms with Gasteiger partial charge in [0.15, 0.2) is 6.10 Å². The maximum absolute atomic E-state index is 11.5. The van der Waals surface area contributed by atoms with E-state index in [1.165, 1.54) is 12.1 Å². The molecule has 0 saturated carbocycles. The van der Waals surface area contributed by atoms with Gasteiger partial charge in [0.25, 0.3) is 0 Å². The molecule has 0 aliphatic rings. The van der Waals surface area contributed by atoms with E-state index in [0.717, 1.165) is 0 Å². The molecule has 1 atom stereocenters. The van der Waals surface area contributed by atoms with Crippen LogP contribution in [-0.4, -0.2) is 39.8 Å². The molecule has 1 unspecified atom stereocenters. The first-order chi connectivity index (χ1) is 8.49. The molecule has 6 nitrogen and oxygen atoms in total. The van der Waals surface area contributed by atoms with Crippen molar-refractivity contribution in [1.29, 1.82) is 0 Å². The molecule has 4 N–H and O–H groups in total. The third kappa shape index (κ3) is 4.84. The monoisotopic (exact) mass is 253 g/mol. The number of hydrogen-bond acceptors (Lipinski definition) is 4. The Kier molecular flexibility index (Phi) is 5.13. The molecule has 18 heavy (non-hydrogen) atoms. The summed E-state index contributed by atoms with van der Waals surface area (Å²) >= 11 is 0. The zero-order valence-electron chi connectivity index (χ0n) is 9.67. The Morgan fingerprint density at radius 3 is 2.67 bits per heavy atom. The van der Waals surface area contributed by atoms with Gasteiger partial charge in [-0.3, -0.25) is 4.79 Å². The summed E-state index contributed by atoms with van der Waals surface area (Å²) in [6, 6.07) is 6.31. The van der Waals surface area contributed by atoms with Gasteiger partial charge in [0.1, 0.15) is 5.75 Å². The van der Waals surface area contributed by atoms with Crippen molar-refractivity contribution in [3.05, 3.63) is 29.8 Å². The van der Waals surface area contributed by atoms with E-state index in [1.807, 2.05) is 0 Å². The van der Waals surface area contributed by atoms with Crippen LogP contribution in [0.1, 0.15) is 12.0 Å². The summed E-state index contributed by atoms with van der Waals surface area (Å²) in [6.07, 6.45) is -1.41. The van der Waals surface area contributed by atoms with E-state index in [9.17, 15) is 14.7 Å². The van der Waals surface area contributed by atoms with Crippen LogP contribution in [0.15, 0.2) is 24.3 Å². The predicted molar refractivity (Wildman–Crippen MR) is 63.1 cm³/mol. The minimum Gasteiger partial charge on any atom is -0.508 e. The van der Waals surface area contributed by atoms with Crippen molar-refractivity contribution in [2.75, 3.05) is 6.54 Å². The van der Waals surface area contributed by atoms with Crippen LogP contribution in [0.3, 0.4) is 0 Å². The van der Waals surface area contributed by atoms with E-state index in [2.05, 4.69) is 5.32 Å². The maximum Gasteiger partial charge on any atom is 0.332 e. The van der Waals surface area contributed by atoms with Gasteiger partial charge in [-0.15, -0.1) is 0 Å². The van der Waals surface area contributed by atoms with Gasteiger partial charge >= 0.3 is 5.97 Å². The molecule has 1 rings (SSSR count). The molecular weight excluding hydrogens is 238 g/mol. The second-order valence-corrected chi connectivity index (χ2v) is 3.84. The molecule has 0 fully saturated rings. The topological polar surface area (TPSA) is 107 Å². The number of benzene rings is 1. The number of aliphatic hydroxyl groups excluding tert-OH is 1. The van der Waals surface area contributed by atoms with Crippen LogP contribution in [0.4, 0.5) is 0 Å². The minimum atomic E-state index is -1.47. The fourth-order valence-corrected chi connectivity index (χ4v) is 1.39. The fourth-order valence-electron chi connectivity index (χ4n) is 1.39. The van der Waals surface area contributed by atoms with Gasteiger partial charge in [-0.1, -0.05) is 12.1 Å². The van der Waals surface area contributed by atoms with E-state index in [-0.39, 0.29) is 31.0 Å². The molecule has 0 saturated heterocycles. The number of hydrogen-bond donors (Lipinski definition) is 4. The predicted octanol–water partition coefficient (Wildman–Crippen LogP) is -0.114. The number of rotatable bonds is 6. The number of phenolic OH excluding ortho intramolecular Hbond substituents is 1. The SMILES string of the molecule is O=C(Cc1cccc(O)c1)NCCC(O)C(=O)O. The standard InChI is InChI=1S/C12H15NO5/c14-9-3-1-2-8(6-9)7-11(16)13-5-4-10(15)12(17)18/h1-3,6,10,14-15H,4-5,7H2,(H,13,16)(H,17,18). The van der Waals surface area contributed by atoms with Crippen LogP contribution >= 0.6 is 0 Å². The first-order valence-corrected chi connectivity index (χ1v) is 5.44. The van der Waals surface area contributed by atoms with Gasteiger partial charge in [0.2, 0.25) is 5.91 Å². The van der Waals surface area contributed by atoms with Crippen molar-refractivity contribution in [1.82, 2.24) is 5.32 Å². The van der Waals surface area contributed by atoms with Crippen LogP contribution in [0.5, 0.6) is 5.75 Å². The highest BCUT2D eigenvalue weighted by Gasteiger charge is 2.12. The highest BCUT2D eigenvalue weighted by Crippen LogP contribution is 2.11. The van der Waals surface area contributed by atoms with Gasteiger partial charge < -0.3 is 20.6 Å². The Balaban J connectivity index is 2.32. The molecule has 0 bridgehead atoms. The van der Waals surface area contributed by atoms with Gasteiger partial charge in [0.05, 0.1) is 6.42 Å². The molecule has 1 amide bonds. The maximum atomic E-state index is 11.5. The van der Waals surface area contributed by atoms with E-state index in [0.29, 0.717) is 5.56 Å². The van der Waals surface area contributed by atoms with E-state index < -0.39 is 12.1 Å². The van der Waals surface area contributed by atoms with E-state index in [1.54, 1.807) is 12.1 Å². The lowest BCUT2D eigenvalue weighted by Gasteiger charge is -2.07.